The van der Waals surface area contributed by atoms with Gasteiger partial charge in [-0.1, -0.05) is 0 Å². The molecule has 0 aromatic carbocycles. The van der Waals surface area contributed by atoms with Gasteiger partial charge in [-0.25, -0.2) is 0 Å². The molecule has 0 radical (unpaired) electrons. The van der Waals surface area contributed by atoms with E-state index in [1.807, 2.05) is 0 Å². The molecule has 0 aromatic rings. The Morgan fingerprint density at radius 3 is 1.50 bits per heavy atom. The van der Waals surface area contributed by atoms with Crippen LogP contribution in [0.1, 0.15) is 0 Å². The molecule has 0 unspecified atom stereocenters. The van der Waals surface area contributed by atoms with E-state index in [9.17, 15) is 0 Å². The summed E-state index contributed by atoms with van der Waals surface area (Å²) in [5.41, 5.74) is 0. The SMILES string of the molecule is C=C(OP(O)O)OP(O)O. The Morgan fingerprint density at radius 1 is 1.00 bits per heavy atom. The first-order chi connectivity index (χ1) is 4.52. The summed E-state index contributed by atoms with van der Waals surface area (Å²) >= 11 is 0. The minimum absolute atomic E-state index is 0.535. The smallest absolute Gasteiger partial charge is 0.393 e. The van der Waals surface area contributed by atoms with E-state index in [4.69, 9.17) is 19.6 Å². The maximum Gasteiger partial charge on any atom is 0.393 e. The number of hydrogen-bond acceptors (Lipinski definition) is 6. The minimum atomic E-state index is -2.61. The third kappa shape index (κ3) is 6.16. The lowest BCUT2D eigenvalue weighted by molar-refractivity contribution is 0.183. The number of rotatable bonds is 4. The highest BCUT2D eigenvalue weighted by molar-refractivity contribution is 7.40. The van der Waals surface area contributed by atoms with Crippen molar-refractivity contribution < 1.29 is 28.6 Å². The van der Waals surface area contributed by atoms with E-state index in [2.05, 4.69) is 15.6 Å². The van der Waals surface area contributed by atoms with Gasteiger partial charge in [0.15, 0.2) is 0 Å². The average molecular weight is 188 g/mol. The van der Waals surface area contributed by atoms with E-state index < -0.39 is 23.2 Å². The third-order valence-corrected chi connectivity index (χ3v) is 1.10. The fourth-order valence-electron chi connectivity index (χ4n) is 0.199. The zero-order valence-corrected chi connectivity index (χ0v) is 6.50. The molecule has 0 spiro atoms. The highest BCUT2D eigenvalue weighted by Gasteiger charge is 2.08. The van der Waals surface area contributed by atoms with Gasteiger partial charge in [-0.2, -0.15) is 0 Å². The normalized spacial score (nSPS) is 10.2. The van der Waals surface area contributed by atoms with E-state index in [1.165, 1.54) is 0 Å². The van der Waals surface area contributed by atoms with E-state index in [1.54, 1.807) is 0 Å². The van der Waals surface area contributed by atoms with Crippen LogP contribution in [0.25, 0.3) is 0 Å². The minimum Gasteiger partial charge on any atom is -0.394 e. The molecule has 0 heterocycles. The molecule has 0 fully saturated rings. The van der Waals surface area contributed by atoms with Crippen LogP contribution in [-0.2, 0) is 9.05 Å². The summed E-state index contributed by atoms with van der Waals surface area (Å²) in [6, 6.07) is 0. The van der Waals surface area contributed by atoms with Crippen molar-refractivity contribution in [3.05, 3.63) is 12.5 Å². The average Bonchev–Trinajstić information content (AvgIpc) is 1.58. The van der Waals surface area contributed by atoms with Gasteiger partial charge in [0.2, 0.25) is 0 Å². The van der Waals surface area contributed by atoms with Crippen LogP contribution in [0.15, 0.2) is 12.5 Å². The second kappa shape index (κ2) is 4.79. The summed E-state index contributed by atoms with van der Waals surface area (Å²) in [7, 11) is -5.21. The van der Waals surface area contributed by atoms with Crippen molar-refractivity contribution in [1.29, 1.82) is 0 Å². The zero-order chi connectivity index (χ0) is 8.15. The summed E-state index contributed by atoms with van der Waals surface area (Å²) in [5, 5.41) is 0. The molecular weight excluding hydrogens is 182 g/mol. The molecule has 0 saturated heterocycles. The quantitative estimate of drug-likeness (QED) is 0.363. The Bertz CT molecular complexity index is 100. The summed E-state index contributed by atoms with van der Waals surface area (Å²) in [5.74, 6) is -0.535. The van der Waals surface area contributed by atoms with Crippen LogP contribution >= 0.6 is 17.2 Å². The van der Waals surface area contributed by atoms with Gasteiger partial charge in [-0.3, -0.25) is 0 Å². The molecule has 0 bridgehead atoms. The molecule has 10 heavy (non-hydrogen) atoms. The lowest BCUT2D eigenvalue weighted by Crippen LogP contribution is -1.87. The Labute approximate surface area is 59.3 Å². The molecule has 4 N–H and O–H groups in total. The molecule has 0 atom stereocenters. The van der Waals surface area contributed by atoms with E-state index >= 15 is 0 Å². The molecule has 8 heteroatoms. The van der Waals surface area contributed by atoms with Crippen molar-refractivity contribution in [2.75, 3.05) is 0 Å². The molecular formula is C2H6O6P2. The molecule has 0 rings (SSSR count). The second-order valence-corrected chi connectivity index (χ2v) is 2.44. The van der Waals surface area contributed by atoms with Crippen molar-refractivity contribution in [2.45, 2.75) is 0 Å². The summed E-state index contributed by atoms with van der Waals surface area (Å²) in [6.07, 6.45) is 0. The van der Waals surface area contributed by atoms with Crippen molar-refractivity contribution in [2.24, 2.45) is 0 Å². The van der Waals surface area contributed by atoms with Gasteiger partial charge in [0.05, 0.1) is 0 Å². The maximum atomic E-state index is 8.14. The van der Waals surface area contributed by atoms with Crippen LogP contribution in [0.4, 0.5) is 0 Å². The predicted octanol–water partition coefficient (Wildman–Crippen LogP) is -0.0862. The van der Waals surface area contributed by atoms with Gasteiger partial charge in [0.25, 0.3) is 5.95 Å². The third-order valence-electron chi connectivity index (χ3n) is 0.367. The molecule has 0 aliphatic rings. The van der Waals surface area contributed by atoms with Crippen LogP contribution in [0.3, 0.4) is 0 Å². The monoisotopic (exact) mass is 188 g/mol. The van der Waals surface area contributed by atoms with Crippen molar-refractivity contribution in [3.63, 3.8) is 0 Å². The van der Waals surface area contributed by atoms with Gasteiger partial charge in [-0.15, -0.1) is 0 Å². The van der Waals surface area contributed by atoms with Gasteiger partial charge in [0.1, 0.15) is 0 Å². The van der Waals surface area contributed by atoms with E-state index in [0.29, 0.717) is 0 Å². The van der Waals surface area contributed by atoms with E-state index in [0.717, 1.165) is 0 Å². The van der Waals surface area contributed by atoms with Gasteiger partial charge in [-0.05, 0) is 6.58 Å². The van der Waals surface area contributed by atoms with Crippen LogP contribution in [0, 0.1) is 0 Å². The second-order valence-electron chi connectivity index (χ2n) is 1.06. The summed E-state index contributed by atoms with van der Waals surface area (Å²) < 4.78 is 8.03. The lowest BCUT2D eigenvalue weighted by atomic mass is 11.1. The molecule has 0 amide bonds. The zero-order valence-electron chi connectivity index (χ0n) is 4.71. The van der Waals surface area contributed by atoms with Crippen LogP contribution in [0.2, 0.25) is 0 Å². The maximum absolute atomic E-state index is 8.14. The molecule has 6 nitrogen and oxygen atoms in total. The highest BCUT2D eigenvalue weighted by atomic mass is 31.2. The Kier molecular flexibility index (Phi) is 4.81. The lowest BCUT2D eigenvalue weighted by Gasteiger charge is -2.08. The first-order valence-electron chi connectivity index (χ1n) is 1.93. The molecule has 0 aromatic heterocycles. The van der Waals surface area contributed by atoms with Gasteiger partial charge >= 0.3 is 17.2 Å². The van der Waals surface area contributed by atoms with Gasteiger partial charge in [0, 0.05) is 0 Å². The first kappa shape index (κ1) is 10.0. The van der Waals surface area contributed by atoms with Crippen molar-refractivity contribution in [3.8, 4) is 0 Å². The van der Waals surface area contributed by atoms with E-state index in [-0.39, 0.29) is 0 Å². The summed E-state index contributed by atoms with van der Waals surface area (Å²) in [6.45, 7) is 2.98. The fraction of sp³-hybridized carbons (Fsp3) is 0. The highest BCUT2D eigenvalue weighted by Crippen LogP contribution is 2.35. The standard InChI is InChI=1S/C2H6O6P2/c1-2(7-9(3)4)8-10(5)6/h3-6H,1H2. The Balaban J connectivity index is 3.44. The first-order valence-corrected chi connectivity index (χ1v) is 4.26. The van der Waals surface area contributed by atoms with Crippen LogP contribution in [-0.4, -0.2) is 19.6 Å². The fourth-order valence-corrected chi connectivity index (χ4v) is 0.696. The molecule has 0 aliphatic carbocycles. The predicted molar refractivity (Wildman–Crippen MR) is 34.0 cm³/mol. The summed E-state index contributed by atoms with van der Waals surface area (Å²) in [4.78, 5) is 32.5. The van der Waals surface area contributed by atoms with Gasteiger partial charge < -0.3 is 28.6 Å². The van der Waals surface area contributed by atoms with Crippen LogP contribution in [0.5, 0.6) is 0 Å². The molecule has 0 aliphatic heterocycles. The molecule has 0 saturated carbocycles. The van der Waals surface area contributed by atoms with Crippen LogP contribution < -0.4 is 0 Å². The Morgan fingerprint density at radius 2 is 1.30 bits per heavy atom. The Hall–Kier alpha value is 0.0400. The van der Waals surface area contributed by atoms with Crippen molar-refractivity contribution in [1.82, 2.24) is 0 Å². The molecule has 60 valence electrons. The van der Waals surface area contributed by atoms with Crippen molar-refractivity contribution >= 4 is 17.2 Å². The topological polar surface area (TPSA) is 99.4 Å². The largest absolute Gasteiger partial charge is 0.394 e. The number of hydrogen-bond donors (Lipinski definition) is 4.